The lowest BCUT2D eigenvalue weighted by molar-refractivity contribution is -0.150. The molecule has 1 fully saturated rings. The van der Waals surface area contributed by atoms with Crippen LogP contribution in [0.4, 0.5) is 4.79 Å². The summed E-state index contributed by atoms with van der Waals surface area (Å²) in [6.07, 6.45) is 1.62. The highest BCUT2D eigenvalue weighted by Gasteiger charge is 2.41. The average Bonchev–Trinajstić information content (AvgIpc) is 3.02. The van der Waals surface area contributed by atoms with Gasteiger partial charge < -0.3 is 9.47 Å². The summed E-state index contributed by atoms with van der Waals surface area (Å²) in [5, 5.41) is 0.442. The van der Waals surface area contributed by atoms with Crippen molar-refractivity contribution in [2.45, 2.75) is 26.5 Å². The fourth-order valence-electron chi connectivity index (χ4n) is 2.85. The lowest BCUT2D eigenvalue weighted by Crippen LogP contribution is -2.42. The highest BCUT2D eigenvalue weighted by Crippen LogP contribution is 2.34. The number of hydrogen-bond acceptors (Lipinski definition) is 6. The second-order valence-electron chi connectivity index (χ2n) is 6.71. The van der Waals surface area contributed by atoms with Crippen molar-refractivity contribution in [1.29, 1.82) is 0 Å². The molecular weight excluding hydrogens is 588 g/mol. The van der Waals surface area contributed by atoms with Crippen LogP contribution in [-0.2, 0) is 20.9 Å². The van der Waals surface area contributed by atoms with Crippen molar-refractivity contribution in [1.82, 2.24) is 4.90 Å². The summed E-state index contributed by atoms with van der Waals surface area (Å²) in [6.45, 7) is 3.63. The van der Waals surface area contributed by atoms with Crippen LogP contribution in [0, 0.1) is 3.57 Å². The quantitative estimate of drug-likeness (QED) is 0.214. The summed E-state index contributed by atoms with van der Waals surface area (Å²) in [5.41, 5.74) is 1.61. The van der Waals surface area contributed by atoms with Gasteiger partial charge in [0, 0.05) is 0 Å². The van der Waals surface area contributed by atoms with Gasteiger partial charge in [-0.1, -0.05) is 35.3 Å². The molecule has 0 spiro atoms. The number of carbonyl (C=O) groups excluding carboxylic acids is 3. The Morgan fingerprint density at radius 1 is 1.19 bits per heavy atom. The second-order valence-corrected chi connectivity index (χ2v) is 9.68. The molecule has 1 aliphatic rings. The van der Waals surface area contributed by atoms with Crippen LogP contribution in [0.2, 0.25) is 10.0 Å². The fraction of sp³-hybridized carbons (Fsp3) is 0.227. The average molecular weight is 606 g/mol. The largest absolute Gasteiger partial charge is 0.488 e. The maximum Gasteiger partial charge on any atom is 0.329 e. The summed E-state index contributed by atoms with van der Waals surface area (Å²) < 4.78 is 11.6. The number of hydrogen-bond donors (Lipinski definition) is 0. The van der Waals surface area contributed by atoms with Gasteiger partial charge in [-0.25, -0.2) is 4.79 Å². The first-order chi connectivity index (χ1) is 15.2. The van der Waals surface area contributed by atoms with Gasteiger partial charge in [0.2, 0.25) is 0 Å². The van der Waals surface area contributed by atoms with Crippen LogP contribution in [-0.4, -0.2) is 34.7 Å². The summed E-state index contributed by atoms with van der Waals surface area (Å²) in [4.78, 5) is 38.1. The number of carbonyl (C=O) groups is 3. The van der Waals surface area contributed by atoms with Gasteiger partial charge in [0.1, 0.15) is 18.4 Å². The first kappa shape index (κ1) is 24.9. The molecule has 6 nitrogen and oxygen atoms in total. The second kappa shape index (κ2) is 10.9. The summed E-state index contributed by atoms with van der Waals surface area (Å²) >= 11 is 14.9. The van der Waals surface area contributed by atoms with Crippen LogP contribution in [0.25, 0.3) is 6.08 Å². The minimum absolute atomic E-state index is 0.174. The molecule has 0 aromatic heterocycles. The van der Waals surface area contributed by atoms with E-state index in [2.05, 4.69) is 22.6 Å². The SMILES string of the molecule is CCOC(=O)[C@@H](C)N1C(=O)S/C(=C/c2ccc(OCc3ccc(Cl)c(Cl)c3)c(I)c2)C1=O. The van der Waals surface area contributed by atoms with E-state index in [4.69, 9.17) is 32.7 Å². The van der Waals surface area contributed by atoms with E-state index in [1.807, 2.05) is 12.1 Å². The van der Waals surface area contributed by atoms with Crippen molar-refractivity contribution in [2.24, 2.45) is 0 Å². The topological polar surface area (TPSA) is 72.9 Å². The number of nitrogens with zero attached hydrogens (tertiary/aromatic N) is 1. The molecule has 2 aromatic rings. The van der Waals surface area contributed by atoms with Crippen molar-refractivity contribution >= 4 is 80.7 Å². The van der Waals surface area contributed by atoms with Crippen LogP contribution < -0.4 is 4.74 Å². The number of benzene rings is 2. The van der Waals surface area contributed by atoms with E-state index in [9.17, 15) is 14.4 Å². The van der Waals surface area contributed by atoms with Crippen LogP contribution in [0.5, 0.6) is 5.75 Å². The van der Waals surface area contributed by atoms with Crippen molar-refractivity contribution in [3.8, 4) is 5.75 Å². The van der Waals surface area contributed by atoms with E-state index in [1.165, 1.54) is 6.92 Å². The van der Waals surface area contributed by atoms with Gasteiger partial charge in [0.15, 0.2) is 0 Å². The van der Waals surface area contributed by atoms with E-state index in [0.717, 1.165) is 31.4 Å². The monoisotopic (exact) mass is 605 g/mol. The van der Waals surface area contributed by atoms with E-state index >= 15 is 0 Å². The van der Waals surface area contributed by atoms with Crippen molar-refractivity contribution in [2.75, 3.05) is 6.61 Å². The molecule has 32 heavy (non-hydrogen) atoms. The number of esters is 1. The molecule has 2 amide bonds. The third-order valence-corrected chi connectivity index (χ3v) is 6.94. The lowest BCUT2D eigenvalue weighted by atomic mass is 10.2. The van der Waals surface area contributed by atoms with Gasteiger partial charge in [0.25, 0.3) is 11.1 Å². The van der Waals surface area contributed by atoms with Crippen LogP contribution in [0.1, 0.15) is 25.0 Å². The molecule has 3 rings (SSSR count). The zero-order valence-electron chi connectivity index (χ0n) is 17.1. The van der Waals surface area contributed by atoms with Gasteiger partial charge in [0.05, 0.1) is 25.1 Å². The standard InChI is InChI=1S/C22H18Cl2INO5S/c1-3-30-21(28)12(2)26-20(27)19(32-22(26)29)10-13-5-7-18(17(25)9-13)31-11-14-4-6-15(23)16(24)8-14/h4-10,12H,3,11H2,1-2H3/b19-10+/t12-/m1/s1. The predicted octanol–water partition coefficient (Wildman–Crippen LogP) is 6.16. The molecule has 0 unspecified atom stereocenters. The maximum absolute atomic E-state index is 12.7. The third-order valence-electron chi connectivity index (χ3n) is 4.47. The molecule has 0 N–H and O–H groups in total. The first-order valence-corrected chi connectivity index (χ1v) is 12.2. The highest BCUT2D eigenvalue weighted by molar-refractivity contribution is 14.1. The number of thioether (sulfide) groups is 1. The maximum atomic E-state index is 12.7. The van der Waals surface area contributed by atoms with Gasteiger partial charge in [-0.2, -0.15) is 0 Å². The summed E-state index contributed by atoms with van der Waals surface area (Å²) in [7, 11) is 0. The molecule has 0 saturated carbocycles. The van der Waals surface area contributed by atoms with Gasteiger partial charge >= 0.3 is 5.97 Å². The first-order valence-electron chi connectivity index (χ1n) is 9.51. The van der Waals surface area contributed by atoms with Gasteiger partial charge in [-0.15, -0.1) is 0 Å². The Balaban J connectivity index is 1.71. The normalized spacial score (nSPS) is 15.9. The molecule has 1 saturated heterocycles. The van der Waals surface area contributed by atoms with E-state index in [0.29, 0.717) is 22.4 Å². The summed E-state index contributed by atoms with van der Waals surface area (Å²) in [6, 6.07) is 9.73. The number of ether oxygens (including phenoxy) is 2. The van der Waals surface area contributed by atoms with E-state index < -0.39 is 23.2 Å². The summed E-state index contributed by atoms with van der Waals surface area (Å²) in [5.74, 6) is -0.470. The Bertz CT molecular complexity index is 1110. The minimum Gasteiger partial charge on any atom is -0.488 e. The molecule has 0 aliphatic carbocycles. The van der Waals surface area contributed by atoms with Crippen LogP contribution >= 0.6 is 57.6 Å². The molecular formula is C22H18Cl2INO5S. The molecule has 10 heteroatoms. The minimum atomic E-state index is -0.981. The van der Waals surface area contributed by atoms with Crippen molar-refractivity contribution in [3.63, 3.8) is 0 Å². The lowest BCUT2D eigenvalue weighted by Gasteiger charge is -2.19. The smallest absolute Gasteiger partial charge is 0.329 e. The van der Waals surface area contributed by atoms with Gasteiger partial charge in [-0.3, -0.25) is 14.5 Å². The van der Waals surface area contributed by atoms with Crippen LogP contribution in [0.15, 0.2) is 41.3 Å². The molecule has 0 bridgehead atoms. The number of amides is 2. The Morgan fingerprint density at radius 2 is 1.94 bits per heavy atom. The molecule has 1 atom stereocenters. The molecule has 168 valence electrons. The molecule has 1 aliphatic heterocycles. The zero-order valence-corrected chi connectivity index (χ0v) is 21.5. The van der Waals surface area contributed by atoms with Crippen LogP contribution in [0.3, 0.4) is 0 Å². The molecule has 2 aromatic carbocycles. The Hall–Kier alpha value is -1.75. The number of halogens is 3. The van der Waals surface area contributed by atoms with Crippen molar-refractivity contribution in [3.05, 3.63) is 66.0 Å². The highest BCUT2D eigenvalue weighted by atomic mass is 127. The Labute approximate surface area is 213 Å². The van der Waals surface area contributed by atoms with Gasteiger partial charge in [-0.05, 0) is 89.7 Å². The van der Waals surface area contributed by atoms with E-state index in [1.54, 1.807) is 37.3 Å². The zero-order chi connectivity index (χ0) is 23.4. The molecule has 0 radical (unpaired) electrons. The molecule has 1 heterocycles. The third kappa shape index (κ3) is 5.78. The number of imide groups is 1. The fourth-order valence-corrected chi connectivity index (χ4v) is 4.77. The Morgan fingerprint density at radius 3 is 2.59 bits per heavy atom. The number of rotatable bonds is 7. The van der Waals surface area contributed by atoms with E-state index in [-0.39, 0.29) is 11.5 Å². The predicted molar refractivity (Wildman–Crippen MR) is 134 cm³/mol. The Kier molecular flexibility index (Phi) is 8.49. The van der Waals surface area contributed by atoms with Crippen molar-refractivity contribution < 1.29 is 23.9 Å².